The Kier molecular flexibility index (Phi) is 5.24. The van der Waals surface area contributed by atoms with E-state index < -0.39 is 0 Å². The van der Waals surface area contributed by atoms with Crippen molar-refractivity contribution in [3.05, 3.63) is 23.7 Å². The maximum absolute atomic E-state index is 12.6. The summed E-state index contributed by atoms with van der Waals surface area (Å²) in [6.45, 7) is 5.67. The summed E-state index contributed by atoms with van der Waals surface area (Å²) in [6.07, 6.45) is 7.27. The van der Waals surface area contributed by atoms with Gasteiger partial charge in [0, 0.05) is 12.6 Å². The van der Waals surface area contributed by atoms with E-state index in [2.05, 4.69) is 13.8 Å². The smallest absolute Gasteiger partial charge is 0.257 e. The molecule has 1 atom stereocenters. The summed E-state index contributed by atoms with van der Waals surface area (Å²) < 4.78 is 5.29. The lowest BCUT2D eigenvalue weighted by molar-refractivity contribution is 0.0593. The Morgan fingerprint density at radius 3 is 2.95 bits per heavy atom. The number of carbonyl (C=O) groups excluding carboxylic acids is 1. The fourth-order valence-electron chi connectivity index (χ4n) is 2.86. The molecule has 1 aliphatic rings. The number of hydrogen-bond acceptors (Lipinski definition) is 3. The molecule has 4 heteroatoms. The third-order valence-electron chi connectivity index (χ3n) is 4.07. The summed E-state index contributed by atoms with van der Waals surface area (Å²) in [5.41, 5.74) is 6.17. The van der Waals surface area contributed by atoms with Crippen LogP contribution < -0.4 is 5.73 Å². The largest absolute Gasteiger partial charge is 0.467 e. The van der Waals surface area contributed by atoms with Gasteiger partial charge >= 0.3 is 0 Å². The van der Waals surface area contributed by atoms with Gasteiger partial charge in [-0.15, -0.1) is 0 Å². The van der Waals surface area contributed by atoms with Crippen LogP contribution in [-0.2, 0) is 6.54 Å². The summed E-state index contributed by atoms with van der Waals surface area (Å²) in [7, 11) is 0. The second kappa shape index (κ2) is 6.93. The molecule has 1 aromatic rings. The van der Waals surface area contributed by atoms with Crippen molar-refractivity contribution in [2.75, 3.05) is 6.54 Å². The van der Waals surface area contributed by atoms with Crippen molar-refractivity contribution in [2.24, 2.45) is 11.7 Å². The molecule has 0 aliphatic carbocycles. The van der Waals surface area contributed by atoms with E-state index in [1.54, 1.807) is 12.3 Å². The number of rotatable bonds is 5. The van der Waals surface area contributed by atoms with E-state index in [0.29, 0.717) is 29.8 Å². The third kappa shape index (κ3) is 3.63. The third-order valence-corrected chi connectivity index (χ3v) is 4.07. The summed E-state index contributed by atoms with van der Waals surface area (Å²) in [6, 6.07) is 2.16. The first kappa shape index (κ1) is 15.1. The van der Waals surface area contributed by atoms with Crippen molar-refractivity contribution < 1.29 is 9.21 Å². The zero-order chi connectivity index (χ0) is 14.5. The maximum Gasteiger partial charge on any atom is 0.257 e. The molecule has 20 heavy (non-hydrogen) atoms. The molecule has 0 radical (unpaired) electrons. The predicted molar refractivity (Wildman–Crippen MR) is 79.3 cm³/mol. The number of likely N-dealkylation sites (tertiary alicyclic amines) is 1. The zero-order valence-corrected chi connectivity index (χ0v) is 12.6. The molecule has 1 fully saturated rings. The number of carbonyl (C=O) groups is 1. The number of furan rings is 1. The van der Waals surface area contributed by atoms with E-state index in [1.807, 2.05) is 4.90 Å². The van der Waals surface area contributed by atoms with Gasteiger partial charge in [0.25, 0.3) is 5.91 Å². The molecule has 1 aromatic heterocycles. The monoisotopic (exact) mass is 278 g/mol. The molecule has 112 valence electrons. The molecule has 2 heterocycles. The van der Waals surface area contributed by atoms with Gasteiger partial charge in [0.2, 0.25) is 0 Å². The molecule has 2 N–H and O–H groups in total. The van der Waals surface area contributed by atoms with E-state index in [9.17, 15) is 4.79 Å². The zero-order valence-electron chi connectivity index (χ0n) is 12.6. The molecule has 2 rings (SSSR count). The molecule has 1 unspecified atom stereocenters. The van der Waals surface area contributed by atoms with Crippen LogP contribution in [0.4, 0.5) is 0 Å². The van der Waals surface area contributed by atoms with Gasteiger partial charge in [-0.25, -0.2) is 0 Å². The van der Waals surface area contributed by atoms with Crippen molar-refractivity contribution in [2.45, 2.75) is 58.5 Å². The molecule has 4 nitrogen and oxygen atoms in total. The van der Waals surface area contributed by atoms with Gasteiger partial charge < -0.3 is 15.1 Å². The lowest BCUT2D eigenvalue weighted by Gasteiger charge is -2.36. The fraction of sp³-hybridized carbons (Fsp3) is 0.688. The van der Waals surface area contributed by atoms with E-state index in [1.165, 1.54) is 12.8 Å². The summed E-state index contributed by atoms with van der Waals surface area (Å²) in [5.74, 6) is 1.46. The molecule has 0 saturated carbocycles. The van der Waals surface area contributed by atoms with Gasteiger partial charge in [0.1, 0.15) is 12.0 Å². The van der Waals surface area contributed by atoms with Crippen molar-refractivity contribution >= 4 is 5.91 Å². The molecule has 0 aromatic carbocycles. The predicted octanol–water partition coefficient (Wildman–Crippen LogP) is 3.17. The Hall–Kier alpha value is -1.29. The molecule has 1 amide bonds. The van der Waals surface area contributed by atoms with Crippen molar-refractivity contribution in [3.8, 4) is 0 Å². The first-order valence-electron chi connectivity index (χ1n) is 7.70. The molecule has 0 bridgehead atoms. The summed E-state index contributed by atoms with van der Waals surface area (Å²) >= 11 is 0. The summed E-state index contributed by atoms with van der Waals surface area (Å²) in [5, 5.41) is 0. The van der Waals surface area contributed by atoms with Crippen molar-refractivity contribution in [3.63, 3.8) is 0 Å². The Morgan fingerprint density at radius 2 is 2.30 bits per heavy atom. The first-order valence-corrected chi connectivity index (χ1v) is 7.70. The highest BCUT2D eigenvalue weighted by molar-refractivity contribution is 5.94. The van der Waals surface area contributed by atoms with Gasteiger partial charge in [-0.2, -0.15) is 0 Å². The Morgan fingerprint density at radius 1 is 1.50 bits per heavy atom. The highest BCUT2D eigenvalue weighted by Crippen LogP contribution is 2.25. The van der Waals surface area contributed by atoms with Crippen LogP contribution in [-0.4, -0.2) is 23.4 Å². The number of piperidine rings is 1. The molecule has 1 aliphatic heterocycles. The van der Waals surface area contributed by atoms with Crippen LogP contribution in [0, 0.1) is 5.92 Å². The summed E-state index contributed by atoms with van der Waals surface area (Å²) in [4.78, 5) is 14.6. The van der Waals surface area contributed by atoms with Gasteiger partial charge in [0.05, 0.1) is 12.1 Å². The number of nitrogens with zero attached hydrogens (tertiary/aromatic N) is 1. The number of amides is 1. The maximum atomic E-state index is 12.6. The van der Waals surface area contributed by atoms with Crippen molar-refractivity contribution in [1.82, 2.24) is 4.90 Å². The Bertz CT molecular complexity index is 439. The van der Waals surface area contributed by atoms with E-state index in [-0.39, 0.29) is 5.91 Å². The van der Waals surface area contributed by atoms with E-state index in [0.717, 1.165) is 25.8 Å². The minimum absolute atomic E-state index is 0.0990. The molecular formula is C16H26N2O2. The van der Waals surface area contributed by atoms with Crippen molar-refractivity contribution in [1.29, 1.82) is 0 Å². The van der Waals surface area contributed by atoms with Gasteiger partial charge in [-0.3, -0.25) is 4.79 Å². The SMILES string of the molecule is CC(C)CCC1CCCCN1C(=O)c1coc(CN)c1. The lowest BCUT2D eigenvalue weighted by atomic mass is 9.94. The first-order chi connectivity index (χ1) is 9.61. The number of hydrogen-bond donors (Lipinski definition) is 1. The molecular weight excluding hydrogens is 252 g/mol. The molecule has 0 spiro atoms. The second-order valence-corrected chi connectivity index (χ2v) is 6.13. The van der Waals surface area contributed by atoms with Crippen LogP contribution in [0.2, 0.25) is 0 Å². The minimum atomic E-state index is 0.0990. The van der Waals surface area contributed by atoms with Gasteiger partial charge in [-0.05, 0) is 44.1 Å². The van der Waals surface area contributed by atoms with Crippen LogP contribution in [0.1, 0.15) is 62.1 Å². The van der Waals surface area contributed by atoms with Crippen LogP contribution in [0.5, 0.6) is 0 Å². The fourth-order valence-corrected chi connectivity index (χ4v) is 2.86. The lowest BCUT2D eigenvalue weighted by Crippen LogP contribution is -2.43. The average Bonchev–Trinajstić information content (AvgIpc) is 2.93. The van der Waals surface area contributed by atoms with E-state index in [4.69, 9.17) is 10.2 Å². The van der Waals surface area contributed by atoms with Crippen LogP contribution in [0.15, 0.2) is 16.7 Å². The van der Waals surface area contributed by atoms with Crippen LogP contribution >= 0.6 is 0 Å². The van der Waals surface area contributed by atoms with E-state index >= 15 is 0 Å². The second-order valence-electron chi connectivity index (χ2n) is 6.13. The Labute approximate surface area is 121 Å². The molecule has 1 saturated heterocycles. The quantitative estimate of drug-likeness (QED) is 0.900. The highest BCUT2D eigenvalue weighted by atomic mass is 16.3. The van der Waals surface area contributed by atoms with Gasteiger partial charge in [-0.1, -0.05) is 13.8 Å². The van der Waals surface area contributed by atoms with Crippen LogP contribution in [0.25, 0.3) is 0 Å². The highest BCUT2D eigenvalue weighted by Gasteiger charge is 2.28. The average molecular weight is 278 g/mol. The van der Waals surface area contributed by atoms with Gasteiger partial charge in [0.15, 0.2) is 0 Å². The topological polar surface area (TPSA) is 59.5 Å². The number of nitrogens with two attached hydrogens (primary N) is 1. The Balaban J connectivity index is 2.04. The normalized spacial score (nSPS) is 19.6. The van der Waals surface area contributed by atoms with Crippen LogP contribution in [0.3, 0.4) is 0 Å². The minimum Gasteiger partial charge on any atom is -0.467 e. The standard InChI is InChI=1S/C16H26N2O2/c1-12(2)6-7-14-5-3-4-8-18(14)16(19)13-9-15(10-17)20-11-13/h9,11-12,14H,3-8,10,17H2,1-2H3.